The van der Waals surface area contributed by atoms with E-state index in [1.165, 1.54) is 0 Å². The number of sulfone groups is 1. The fraction of sp³-hybridized carbons (Fsp3) is 0.929. The van der Waals surface area contributed by atoms with Crippen molar-refractivity contribution >= 4 is 15.7 Å². The summed E-state index contributed by atoms with van der Waals surface area (Å²) in [5.74, 6) is 0.484. The molecular weight excluding hydrogens is 276 g/mol. The van der Waals surface area contributed by atoms with Crippen molar-refractivity contribution in [1.82, 2.24) is 10.2 Å². The molecule has 0 saturated carbocycles. The minimum atomic E-state index is -2.97. The fourth-order valence-corrected chi connectivity index (χ4v) is 4.81. The van der Waals surface area contributed by atoms with Crippen molar-refractivity contribution in [2.75, 3.05) is 31.1 Å². The summed E-state index contributed by atoms with van der Waals surface area (Å²) in [4.78, 5) is 14.3. The quantitative estimate of drug-likeness (QED) is 0.828. The lowest BCUT2D eigenvalue weighted by molar-refractivity contribution is -0.136. The number of hydrogen-bond acceptors (Lipinski definition) is 4. The number of carbonyl (C=O) groups is 1. The zero-order valence-electron chi connectivity index (χ0n) is 12.5. The molecule has 0 aliphatic carbocycles. The van der Waals surface area contributed by atoms with Crippen molar-refractivity contribution in [2.24, 2.45) is 11.8 Å². The summed E-state index contributed by atoms with van der Waals surface area (Å²) in [5.41, 5.74) is 0. The summed E-state index contributed by atoms with van der Waals surface area (Å²) in [6, 6.07) is 0.459. The van der Waals surface area contributed by atoms with E-state index in [0.717, 1.165) is 32.5 Å². The minimum absolute atomic E-state index is 0.0528. The Balaban J connectivity index is 1.87. The standard InChI is InChI=1S/C14H26N2O3S/c1-11(2)15-8-12-4-3-6-16(9-12)14(17)13-5-7-20(18,19)10-13/h11-13,15H,3-10H2,1-2H3. The van der Waals surface area contributed by atoms with Crippen molar-refractivity contribution in [3.05, 3.63) is 0 Å². The summed E-state index contributed by atoms with van der Waals surface area (Å²) in [6.07, 6.45) is 2.68. The molecule has 20 heavy (non-hydrogen) atoms. The van der Waals surface area contributed by atoms with Gasteiger partial charge in [0.2, 0.25) is 5.91 Å². The molecule has 116 valence electrons. The molecule has 1 amide bonds. The molecule has 6 heteroatoms. The van der Waals surface area contributed by atoms with Crippen LogP contribution in [-0.4, -0.2) is 56.4 Å². The largest absolute Gasteiger partial charge is 0.342 e. The third-order valence-corrected chi connectivity index (χ3v) is 6.00. The van der Waals surface area contributed by atoms with Gasteiger partial charge in [0, 0.05) is 19.1 Å². The molecule has 2 saturated heterocycles. The lowest BCUT2D eigenvalue weighted by Gasteiger charge is -2.34. The van der Waals surface area contributed by atoms with Gasteiger partial charge < -0.3 is 10.2 Å². The Labute approximate surface area is 122 Å². The molecular formula is C14H26N2O3S. The highest BCUT2D eigenvalue weighted by molar-refractivity contribution is 7.91. The number of nitrogens with one attached hydrogen (secondary N) is 1. The van der Waals surface area contributed by atoms with Gasteiger partial charge in [-0.1, -0.05) is 13.8 Å². The Morgan fingerprint density at radius 1 is 1.35 bits per heavy atom. The maximum absolute atomic E-state index is 12.4. The number of carbonyl (C=O) groups excluding carboxylic acids is 1. The van der Waals surface area contributed by atoms with Crippen molar-refractivity contribution < 1.29 is 13.2 Å². The van der Waals surface area contributed by atoms with Gasteiger partial charge >= 0.3 is 0 Å². The molecule has 0 aromatic carbocycles. The van der Waals surface area contributed by atoms with E-state index in [1.807, 2.05) is 4.90 Å². The van der Waals surface area contributed by atoms with Crippen LogP contribution < -0.4 is 5.32 Å². The van der Waals surface area contributed by atoms with Gasteiger partial charge in [-0.3, -0.25) is 4.79 Å². The second-order valence-corrected chi connectivity index (χ2v) is 8.68. The average molecular weight is 302 g/mol. The molecule has 0 aromatic rings. The summed E-state index contributed by atoms with van der Waals surface area (Å²) < 4.78 is 23.0. The van der Waals surface area contributed by atoms with Gasteiger partial charge in [-0.05, 0) is 31.7 Å². The molecule has 2 aliphatic rings. The molecule has 2 rings (SSSR count). The summed E-state index contributed by atoms with van der Waals surface area (Å²) >= 11 is 0. The van der Waals surface area contributed by atoms with Gasteiger partial charge in [-0.2, -0.15) is 0 Å². The van der Waals surface area contributed by atoms with E-state index in [9.17, 15) is 13.2 Å². The Morgan fingerprint density at radius 2 is 2.10 bits per heavy atom. The van der Waals surface area contributed by atoms with Crippen molar-refractivity contribution in [3.63, 3.8) is 0 Å². The van der Waals surface area contributed by atoms with E-state index in [0.29, 0.717) is 18.4 Å². The highest BCUT2D eigenvalue weighted by Gasteiger charge is 2.36. The Bertz CT molecular complexity index is 447. The number of rotatable bonds is 4. The van der Waals surface area contributed by atoms with Crippen LogP contribution in [0.15, 0.2) is 0 Å². The van der Waals surface area contributed by atoms with Gasteiger partial charge in [0.05, 0.1) is 17.4 Å². The Hall–Kier alpha value is -0.620. The number of hydrogen-bond donors (Lipinski definition) is 1. The molecule has 0 radical (unpaired) electrons. The second-order valence-electron chi connectivity index (χ2n) is 6.46. The molecule has 2 atom stereocenters. The molecule has 1 N–H and O–H groups in total. The molecule has 2 unspecified atom stereocenters. The third-order valence-electron chi connectivity index (χ3n) is 4.23. The van der Waals surface area contributed by atoms with Crippen LogP contribution in [0, 0.1) is 11.8 Å². The predicted octanol–water partition coefficient (Wildman–Crippen LogP) is 0.658. The monoisotopic (exact) mass is 302 g/mol. The number of amides is 1. The first-order valence-electron chi connectivity index (χ1n) is 7.60. The first-order chi connectivity index (χ1) is 9.37. The molecule has 2 aliphatic heterocycles. The maximum atomic E-state index is 12.4. The van der Waals surface area contributed by atoms with Gasteiger partial charge in [0.15, 0.2) is 9.84 Å². The zero-order valence-corrected chi connectivity index (χ0v) is 13.3. The third kappa shape index (κ3) is 4.19. The predicted molar refractivity (Wildman–Crippen MR) is 79.2 cm³/mol. The Kier molecular flexibility index (Phi) is 5.07. The van der Waals surface area contributed by atoms with Gasteiger partial charge in [-0.15, -0.1) is 0 Å². The van der Waals surface area contributed by atoms with Crippen molar-refractivity contribution in [2.45, 2.75) is 39.2 Å². The topological polar surface area (TPSA) is 66.5 Å². The number of likely N-dealkylation sites (tertiary alicyclic amines) is 1. The van der Waals surface area contributed by atoms with E-state index in [2.05, 4.69) is 19.2 Å². The molecule has 5 nitrogen and oxygen atoms in total. The van der Waals surface area contributed by atoms with Gasteiger partial charge in [0.1, 0.15) is 0 Å². The van der Waals surface area contributed by atoms with Crippen LogP contribution in [0.4, 0.5) is 0 Å². The normalized spacial score (nSPS) is 29.9. The molecule has 2 fully saturated rings. The van der Waals surface area contributed by atoms with Gasteiger partial charge in [-0.25, -0.2) is 8.42 Å². The number of piperidine rings is 1. The molecule has 2 heterocycles. The SMILES string of the molecule is CC(C)NCC1CCCN(C(=O)C2CCS(=O)(=O)C2)C1. The Morgan fingerprint density at radius 3 is 2.70 bits per heavy atom. The van der Waals surface area contributed by atoms with Crippen LogP contribution in [0.5, 0.6) is 0 Å². The summed E-state index contributed by atoms with van der Waals surface area (Å²) in [7, 11) is -2.97. The van der Waals surface area contributed by atoms with Crippen LogP contribution in [0.1, 0.15) is 33.1 Å². The highest BCUT2D eigenvalue weighted by atomic mass is 32.2. The lowest BCUT2D eigenvalue weighted by Crippen LogP contribution is -2.46. The summed E-state index contributed by atoms with van der Waals surface area (Å²) in [5, 5.41) is 3.42. The minimum Gasteiger partial charge on any atom is -0.342 e. The van der Waals surface area contributed by atoms with Crippen molar-refractivity contribution in [1.29, 1.82) is 0 Å². The molecule has 0 bridgehead atoms. The van der Waals surface area contributed by atoms with E-state index in [1.54, 1.807) is 0 Å². The average Bonchev–Trinajstić information content (AvgIpc) is 2.76. The maximum Gasteiger partial charge on any atom is 0.226 e. The first-order valence-corrected chi connectivity index (χ1v) is 9.42. The molecule has 0 aromatic heterocycles. The zero-order chi connectivity index (χ0) is 14.8. The first kappa shape index (κ1) is 15.8. The lowest BCUT2D eigenvalue weighted by atomic mass is 9.96. The fourth-order valence-electron chi connectivity index (χ4n) is 3.08. The van der Waals surface area contributed by atoms with E-state index >= 15 is 0 Å². The second kappa shape index (κ2) is 6.43. The van der Waals surface area contributed by atoms with Crippen molar-refractivity contribution in [3.8, 4) is 0 Å². The van der Waals surface area contributed by atoms with Crippen LogP contribution in [0.3, 0.4) is 0 Å². The number of nitrogens with zero attached hydrogens (tertiary/aromatic N) is 1. The van der Waals surface area contributed by atoms with E-state index in [-0.39, 0.29) is 23.3 Å². The van der Waals surface area contributed by atoms with Crippen LogP contribution in [-0.2, 0) is 14.6 Å². The molecule has 0 spiro atoms. The smallest absolute Gasteiger partial charge is 0.226 e. The summed E-state index contributed by atoms with van der Waals surface area (Å²) in [6.45, 7) is 6.73. The van der Waals surface area contributed by atoms with Gasteiger partial charge in [0.25, 0.3) is 0 Å². The van der Waals surface area contributed by atoms with E-state index in [4.69, 9.17) is 0 Å². The van der Waals surface area contributed by atoms with Crippen LogP contribution >= 0.6 is 0 Å². The van der Waals surface area contributed by atoms with Crippen LogP contribution in [0.2, 0.25) is 0 Å². The van der Waals surface area contributed by atoms with E-state index < -0.39 is 9.84 Å². The van der Waals surface area contributed by atoms with Crippen LogP contribution in [0.25, 0.3) is 0 Å². The highest BCUT2D eigenvalue weighted by Crippen LogP contribution is 2.24.